The maximum Gasteiger partial charge on any atom is 0.226 e. The Bertz CT molecular complexity index is 455. The minimum absolute atomic E-state index is 0.452. The molecular weight excluding hydrogens is 224 g/mol. The van der Waals surface area contributed by atoms with Gasteiger partial charge >= 0.3 is 0 Å². The molecule has 1 aliphatic carbocycles. The van der Waals surface area contributed by atoms with Gasteiger partial charge in [0.25, 0.3) is 0 Å². The maximum atomic E-state index is 8.95. The van der Waals surface area contributed by atoms with Crippen molar-refractivity contribution in [1.82, 2.24) is 9.97 Å². The SMILES string of the molecule is Cc1cc(C#N)nc(N(C)C2CCC(C)CC2)n1. The number of aryl methyl sites for hydroxylation is 1. The molecule has 0 N–H and O–H groups in total. The molecule has 0 amide bonds. The molecule has 96 valence electrons. The molecule has 1 aromatic heterocycles. The topological polar surface area (TPSA) is 52.8 Å². The molecule has 1 heterocycles. The van der Waals surface area contributed by atoms with E-state index in [1.54, 1.807) is 6.07 Å². The number of nitriles is 1. The fourth-order valence-electron chi connectivity index (χ4n) is 2.56. The highest BCUT2D eigenvalue weighted by atomic mass is 15.3. The van der Waals surface area contributed by atoms with Crippen LogP contribution in [-0.4, -0.2) is 23.1 Å². The van der Waals surface area contributed by atoms with Crippen LogP contribution in [0.2, 0.25) is 0 Å². The van der Waals surface area contributed by atoms with Crippen LogP contribution in [0, 0.1) is 24.2 Å². The summed E-state index contributed by atoms with van der Waals surface area (Å²) < 4.78 is 0. The van der Waals surface area contributed by atoms with Crippen molar-refractivity contribution in [2.75, 3.05) is 11.9 Å². The highest BCUT2D eigenvalue weighted by Gasteiger charge is 2.23. The van der Waals surface area contributed by atoms with Crippen molar-refractivity contribution in [3.05, 3.63) is 17.5 Å². The average molecular weight is 244 g/mol. The van der Waals surface area contributed by atoms with Crippen LogP contribution in [0.15, 0.2) is 6.07 Å². The van der Waals surface area contributed by atoms with Crippen molar-refractivity contribution >= 4 is 5.95 Å². The molecule has 1 saturated carbocycles. The first-order valence-corrected chi connectivity index (χ1v) is 6.58. The quantitative estimate of drug-likeness (QED) is 0.802. The van der Waals surface area contributed by atoms with Crippen molar-refractivity contribution < 1.29 is 0 Å². The minimum atomic E-state index is 0.452. The van der Waals surface area contributed by atoms with E-state index in [9.17, 15) is 0 Å². The summed E-state index contributed by atoms with van der Waals surface area (Å²) in [7, 11) is 2.04. The van der Waals surface area contributed by atoms with Gasteiger partial charge in [-0.05, 0) is 44.6 Å². The van der Waals surface area contributed by atoms with Gasteiger partial charge in [-0.2, -0.15) is 5.26 Å². The summed E-state index contributed by atoms with van der Waals surface area (Å²) in [5.74, 6) is 1.52. The normalized spacial score (nSPS) is 23.4. The lowest BCUT2D eigenvalue weighted by Gasteiger charge is -2.33. The summed E-state index contributed by atoms with van der Waals surface area (Å²) in [6.45, 7) is 4.22. The van der Waals surface area contributed by atoms with E-state index in [2.05, 4.69) is 27.9 Å². The molecule has 1 fully saturated rings. The number of aromatic nitrogens is 2. The minimum Gasteiger partial charge on any atom is -0.341 e. The van der Waals surface area contributed by atoms with E-state index < -0.39 is 0 Å². The first-order chi connectivity index (χ1) is 8.60. The number of hydrogen-bond donors (Lipinski definition) is 0. The Kier molecular flexibility index (Phi) is 3.81. The number of rotatable bonds is 2. The van der Waals surface area contributed by atoms with Crippen LogP contribution in [0.3, 0.4) is 0 Å². The summed E-state index contributed by atoms with van der Waals surface area (Å²) in [5.41, 5.74) is 1.31. The van der Waals surface area contributed by atoms with Crippen LogP contribution in [0.25, 0.3) is 0 Å². The van der Waals surface area contributed by atoms with Gasteiger partial charge in [-0.3, -0.25) is 0 Å². The molecule has 0 saturated heterocycles. The number of anilines is 1. The highest BCUT2D eigenvalue weighted by molar-refractivity contribution is 5.36. The molecular formula is C14H20N4. The summed E-state index contributed by atoms with van der Waals surface area (Å²) in [6, 6.07) is 4.33. The Morgan fingerprint density at radius 3 is 2.56 bits per heavy atom. The lowest BCUT2D eigenvalue weighted by atomic mass is 9.87. The smallest absolute Gasteiger partial charge is 0.226 e. The third kappa shape index (κ3) is 2.79. The van der Waals surface area contributed by atoms with Crippen molar-refractivity contribution in [3.8, 4) is 6.07 Å². The fourth-order valence-corrected chi connectivity index (χ4v) is 2.56. The van der Waals surface area contributed by atoms with E-state index in [0.717, 1.165) is 11.6 Å². The van der Waals surface area contributed by atoms with E-state index in [-0.39, 0.29) is 0 Å². The maximum absolute atomic E-state index is 8.95. The van der Waals surface area contributed by atoms with Crippen LogP contribution < -0.4 is 4.90 Å². The Labute approximate surface area is 109 Å². The standard InChI is InChI=1S/C14H20N4/c1-10-4-6-13(7-5-10)18(3)14-16-11(2)8-12(9-15)17-14/h8,10,13H,4-7H2,1-3H3. The zero-order valence-electron chi connectivity index (χ0n) is 11.3. The molecule has 0 aliphatic heterocycles. The second-order valence-electron chi connectivity index (χ2n) is 5.33. The first-order valence-electron chi connectivity index (χ1n) is 6.58. The highest BCUT2D eigenvalue weighted by Crippen LogP contribution is 2.28. The van der Waals surface area contributed by atoms with Crippen molar-refractivity contribution in [1.29, 1.82) is 5.26 Å². The Morgan fingerprint density at radius 1 is 1.28 bits per heavy atom. The summed E-state index contributed by atoms with van der Waals surface area (Å²) in [4.78, 5) is 10.9. The van der Waals surface area contributed by atoms with Gasteiger partial charge < -0.3 is 4.90 Å². The van der Waals surface area contributed by atoms with Crippen molar-refractivity contribution in [2.45, 2.75) is 45.6 Å². The molecule has 0 bridgehead atoms. The van der Waals surface area contributed by atoms with E-state index in [0.29, 0.717) is 17.7 Å². The van der Waals surface area contributed by atoms with Gasteiger partial charge in [0.05, 0.1) is 0 Å². The monoisotopic (exact) mass is 244 g/mol. The van der Waals surface area contributed by atoms with Crippen LogP contribution >= 0.6 is 0 Å². The summed E-state index contributed by atoms with van der Waals surface area (Å²) >= 11 is 0. The zero-order chi connectivity index (χ0) is 13.1. The average Bonchev–Trinajstić information content (AvgIpc) is 2.38. The van der Waals surface area contributed by atoms with Gasteiger partial charge in [0.2, 0.25) is 5.95 Å². The van der Waals surface area contributed by atoms with Gasteiger partial charge in [0, 0.05) is 18.8 Å². The van der Waals surface area contributed by atoms with Gasteiger partial charge in [0.15, 0.2) is 0 Å². The van der Waals surface area contributed by atoms with Gasteiger partial charge in [-0.1, -0.05) is 6.92 Å². The van der Waals surface area contributed by atoms with Crippen LogP contribution in [0.1, 0.15) is 44.0 Å². The van der Waals surface area contributed by atoms with Crippen LogP contribution in [-0.2, 0) is 0 Å². The lowest BCUT2D eigenvalue weighted by molar-refractivity contribution is 0.339. The third-order valence-electron chi connectivity index (χ3n) is 3.81. The molecule has 1 aromatic rings. The van der Waals surface area contributed by atoms with E-state index in [1.807, 2.05) is 14.0 Å². The van der Waals surface area contributed by atoms with Gasteiger partial charge in [-0.15, -0.1) is 0 Å². The fraction of sp³-hybridized carbons (Fsp3) is 0.643. The molecule has 0 aromatic carbocycles. The summed E-state index contributed by atoms with van der Waals surface area (Å²) in [5, 5.41) is 8.95. The second kappa shape index (κ2) is 5.34. The summed E-state index contributed by atoms with van der Waals surface area (Å²) in [6.07, 6.45) is 4.92. The molecule has 1 aliphatic rings. The van der Waals surface area contributed by atoms with Gasteiger partial charge in [0.1, 0.15) is 11.8 Å². The molecule has 0 radical (unpaired) electrons. The molecule has 4 nitrogen and oxygen atoms in total. The second-order valence-corrected chi connectivity index (χ2v) is 5.33. The van der Waals surface area contributed by atoms with E-state index >= 15 is 0 Å². The molecule has 2 rings (SSSR count). The van der Waals surface area contributed by atoms with E-state index in [4.69, 9.17) is 5.26 Å². The molecule has 18 heavy (non-hydrogen) atoms. The molecule has 4 heteroatoms. The Balaban J connectivity index is 2.16. The molecule has 0 unspecified atom stereocenters. The zero-order valence-corrected chi connectivity index (χ0v) is 11.3. The number of hydrogen-bond acceptors (Lipinski definition) is 4. The molecule has 0 atom stereocenters. The third-order valence-corrected chi connectivity index (χ3v) is 3.81. The van der Waals surface area contributed by atoms with Crippen LogP contribution in [0.5, 0.6) is 0 Å². The van der Waals surface area contributed by atoms with Crippen LogP contribution in [0.4, 0.5) is 5.95 Å². The van der Waals surface area contributed by atoms with E-state index in [1.165, 1.54) is 25.7 Å². The van der Waals surface area contributed by atoms with Crippen molar-refractivity contribution in [2.24, 2.45) is 5.92 Å². The largest absolute Gasteiger partial charge is 0.341 e. The predicted octanol–water partition coefficient (Wildman–Crippen LogP) is 2.67. The van der Waals surface area contributed by atoms with Gasteiger partial charge in [-0.25, -0.2) is 9.97 Å². The lowest BCUT2D eigenvalue weighted by Crippen LogP contribution is -2.36. The first kappa shape index (κ1) is 12.8. The number of nitrogens with zero attached hydrogens (tertiary/aromatic N) is 4. The predicted molar refractivity (Wildman–Crippen MR) is 71.3 cm³/mol. The Morgan fingerprint density at radius 2 is 1.94 bits per heavy atom. The Hall–Kier alpha value is -1.63. The van der Waals surface area contributed by atoms with Crippen molar-refractivity contribution in [3.63, 3.8) is 0 Å². The molecule has 0 spiro atoms.